The fourth-order valence-corrected chi connectivity index (χ4v) is 3.10. The number of hydrogen-bond acceptors (Lipinski definition) is 4. The molecule has 1 aromatic heterocycles. The maximum Gasteiger partial charge on any atom is 0.217 e. The molecule has 2 atom stereocenters. The summed E-state index contributed by atoms with van der Waals surface area (Å²) in [4.78, 5) is 14.8. The van der Waals surface area contributed by atoms with Crippen molar-refractivity contribution in [2.45, 2.75) is 38.5 Å². The zero-order valence-electron chi connectivity index (χ0n) is 10.6. The lowest BCUT2D eigenvalue weighted by molar-refractivity contribution is -0.120. The minimum atomic E-state index is -0.428. The van der Waals surface area contributed by atoms with Gasteiger partial charge in [-0.1, -0.05) is 6.07 Å². The van der Waals surface area contributed by atoms with Gasteiger partial charge in [-0.3, -0.25) is 9.69 Å². The van der Waals surface area contributed by atoms with E-state index in [0.717, 1.165) is 32.5 Å². The van der Waals surface area contributed by atoms with Gasteiger partial charge in [0.15, 0.2) is 0 Å². The molecule has 2 rings (SSSR count). The highest BCUT2D eigenvalue weighted by Gasteiger charge is 2.25. The van der Waals surface area contributed by atoms with Gasteiger partial charge in [0.25, 0.3) is 0 Å². The lowest BCUT2D eigenvalue weighted by atomic mass is 10.1. The molecule has 100 valence electrons. The Morgan fingerprint density at radius 3 is 3.00 bits per heavy atom. The third-order valence-corrected chi connectivity index (χ3v) is 4.17. The lowest BCUT2D eigenvalue weighted by Crippen LogP contribution is -2.42. The second-order valence-corrected chi connectivity index (χ2v) is 5.84. The molecule has 0 unspecified atom stereocenters. The molecule has 0 aromatic carbocycles. The molecule has 4 nitrogen and oxygen atoms in total. The average Bonchev–Trinajstić information content (AvgIpc) is 2.76. The second-order valence-electron chi connectivity index (χ2n) is 4.81. The van der Waals surface area contributed by atoms with E-state index in [1.165, 1.54) is 11.8 Å². The topological polar surface area (TPSA) is 52.6 Å². The number of aliphatic hydroxyl groups excluding tert-OH is 1. The van der Waals surface area contributed by atoms with Crippen LogP contribution in [-0.2, 0) is 11.3 Å². The number of hydrogen-bond donors (Lipinski definition) is 2. The van der Waals surface area contributed by atoms with Crippen LogP contribution in [0.25, 0.3) is 0 Å². The van der Waals surface area contributed by atoms with Crippen molar-refractivity contribution in [3.8, 4) is 0 Å². The van der Waals surface area contributed by atoms with Crippen molar-refractivity contribution < 1.29 is 9.90 Å². The van der Waals surface area contributed by atoms with E-state index in [-0.39, 0.29) is 11.9 Å². The Morgan fingerprint density at radius 1 is 1.56 bits per heavy atom. The standard InChI is InChI=1S/C13H20N2O2S/c1-10(16)14-12-4-6-15(7-5-13(12)17)9-11-3-2-8-18-11/h2-3,8,12-13,17H,4-7,9H2,1H3,(H,14,16)/t12-,13-/m0/s1. The first-order valence-electron chi connectivity index (χ1n) is 6.35. The molecular formula is C13H20N2O2S. The van der Waals surface area contributed by atoms with Crippen LogP contribution in [0.4, 0.5) is 0 Å². The zero-order chi connectivity index (χ0) is 13.0. The van der Waals surface area contributed by atoms with E-state index >= 15 is 0 Å². The van der Waals surface area contributed by atoms with Crippen LogP contribution in [0, 0.1) is 0 Å². The summed E-state index contributed by atoms with van der Waals surface area (Å²) in [5.74, 6) is -0.0641. The molecule has 1 aliphatic heterocycles. The molecule has 1 saturated heterocycles. The average molecular weight is 268 g/mol. The minimum absolute atomic E-state index is 0.0641. The van der Waals surface area contributed by atoms with E-state index in [1.807, 2.05) is 0 Å². The number of aliphatic hydroxyl groups is 1. The van der Waals surface area contributed by atoms with Crippen LogP contribution in [0.2, 0.25) is 0 Å². The van der Waals surface area contributed by atoms with E-state index in [2.05, 4.69) is 27.7 Å². The van der Waals surface area contributed by atoms with E-state index in [9.17, 15) is 9.90 Å². The number of likely N-dealkylation sites (tertiary alicyclic amines) is 1. The molecule has 1 aromatic rings. The Balaban J connectivity index is 1.88. The molecule has 0 bridgehead atoms. The molecule has 0 radical (unpaired) electrons. The molecule has 0 spiro atoms. The normalized spacial score (nSPS) is 25.7. The van der Waals surface area contributed by atoms with Crippen LogP contribution >= 0.6 is 11.3 Å². The Labute approximate surface area is 112 Å². The molecule has 1 amide bonds. The molecule has 2 heterocycles. The zero-order valence-corrected chi connectivity index (χ0v) is 11.4. The maximum absolute atomic E-state index is 11.1. The van der Waals surface area contributed by atoms with E-state index in [4.69, 9.17) is 0 Å². The van der Waals surface area contributed by atoms with Gasteiger partial charge in [0.05, 0.1) is 12.1 Å². The third kappa shape index (κ3) is 3.80. The van der Waals surface area contributed by atoms with Gasteiger partial charge in [-0.15, -0.1) is 11.3 Å². The predicted molar refractivity (Wildman–Crippen MR) is 72.4 cm³/mol. The van der Waals surface area contributed by atoms with Crippen LogP contribution in [0.3, 0.4) is 0 Å². The Bertz CT molecular complexity index is 380. The molecule has 0 aliphatic carbocycles. The summed E-state index contributed by atoms with van der Waals surface area (Å²) < 4.78 is 0. The quantitative estimate of drug-likeness (QED) is 0.866. The van der Waals surface area contributed by atoms with E-state index < -0.39 is 6.10 Å². The van der Waals surface area contributed by atoms with Gasteiger partial charge in [-0.05, 0) is 24.3 Å². The van der Waals surface area contributed by atoms with Gasteiger partial charge < -0.3 is 10.4 Å². The van der Waals surface area contributed by atoms with Crippen LogP contribution < -0.4 is 5.32 Å². The van der Waals surface area contributed by atoms with Crippen molar-refractivity contribution in [3.63, 3.8) is 0 Å². The van der Waals surface area contributed by atoms with Crippen LogP contribution in [0.15, 0.2) is 17.5 Å². The first-order chi connectivity index (χ1) is 8.65. The van der Waals surface area contributed by atoms with Gasteiger partial charge in [0.1, 0.15) is 0 Å². The molecule has 1 aliphatic rings. The molecule has 18 heavy (non-hydrogen) atoms. The van der Waals surface area contributed by atoms with Crippen molar-refractivity contribution in [1.29, 1.82) is 0 Å². The van der Waals surface area contributed by atoms with Gasteiger partial charge in [-0.2, -0.15) is 0 Å². The number of rotatable bonds is 3. The van der Waals surface area contributed by atoms with Crippen LogP contribution in [-0.4, -0.2) is 41.1 Å². The number of carbonyl (C=O) groups is 1. The summed E-state index contributed by atoms with van der Waals surface area (Å²) in [5.41, 5.74) is 0. The van der Waals surface area contributed by atoms with E-state index in [1.54, 1.807) is 11.3 Å². The van der Waals surface area contributed by atoms with Crippen LogP contribution in [0.5, 0.6) is 0 Å². The van der Waals surface area contributed by atoms with Crippen molar-refractivity contribution in [1.82, 2.24) is 10.2 Å². The molecular weight excluding hydrogens is 248 g/mol. The largest absolute Gasteiger partial charge is 0.391 e. The van der Waals surface area contributed by atoms with Gasteiger partial charge in [-0.25, -0.2) is 0 Å². The summed E-state index contributed by atoms with van der Waals surface area (Å²) in [6.07, 6.45) is 1.10. The first-order valence-corrected chi connectivity index (χ1v) is 7.23. The third-order valence-electron chi connectivity index (χ3n) is 3.31. The number of nitrogens with zero attached hydrogens (tertiary/aromatic N) is 1. The summed E-state index contributed by atoms with van der Waals surface area (Å²) in [6, 6.07) is 4.10. The summed E-state index contributed by atoms with van der Waals surface area (Å²) in [5, 5.41) is 14.9. The summed E-state index contributed by atoms with van der Waals surface area (Å²) in [7, 11) is 0. The highest BCUT2D eigenvalue weighted by atomic mass is 32.1. The van der Waals surface area contributed by atoms with Crippen molar-refractivity contribution in [2.75, 3.05) is 13.1 Å². The Morgan fingerprint density at radius 2 is 2.33 bits per heavy atom. The Kier molecular flexibility index (Phi) is 4.74. The molecule has 1 fully saturated rings. The highest BCUT2D eigenvalue weighted by Crippen LogP contribution is 2.17. The number of amides is 1. The second kappa shape index (κ2) is 6.31. The van der Waals surface area contributed by atoms with Crippen molar-refractivity contribution in [2.24, 2.45) is 0 Å². The van der Waals surface area contributed by atoms with Gasteiger partial charge in [0, 0.05) is 31.4 Å². The summed E-state index contributed by atoms with van der Waals surface area (Å²) in [6.45, 7) is 4.24. The minimum Gasteiger partial charge on any atom is -0.391 e. The number of nitrogens with one attached hydrogen (secondary N) is 1. The van der Waals surface area contributed by atoms with Crippen molar-refractivity contribution >= 4 is 17.2 Å². The van der Waals surface area contributed by atoms with Gasteiger partial charge in [0.2, 0.25) is 5.91 Å². The van der Waals surface area contributed by atoms with Crippen LogP contribution in [0.1, 0.15) is 24.6 Å². The van der Waals surface area contributed by atoms with Crippen molar-refractivity contribution in [3.05, 3.63) is 22.4 Å². The molecule has 2 N–H and O–H groups in total. The SMILES string of the molecule is CC(=O)N[C@H]1CCN(Cc2cccs2)CC[C@@H]1O. The highest BCUT2D eigenvalue weighted by molar-refractivity contribution is 7.09. The summed E-state index contributed by atoms with van der Waals surface area (Å²) >= 11 is 1.76. The lowest BCUT2D eigenvalue weighted by Gasteiger charge is -2.20. The fraction of sp³-hybridized carbons (Fsp3) is 0.615. The molecule has 5 heteroatoms. The van der Waals surface area contributed by atoms with E-state index in [0.29, 0.717) is 0 Å². The Hall–Kier alpha value is -0.910. The smallest absolute Gasteiger partial charge is 0.217 e. The maximum atomic E-state index is 11.1. The molecule has 0 saturated carbocycles. The fourth-order valence-electron chi connectivity index (χ4n) is 2.35. The predicted octanol–water partition coefficient (Wildman–Crippen LogP) is 1.21. The number of carbonyl (C=O) groups excluding carboxylic acids is 1. The first kappa shape index (κ1) is 13.5. The monoisotopic (exact) mass is 268 g/mol. The number of thiophene rings is 1. The van der Waals surface area contributed by atoms with Gasteiger partial charge >= 0.3 is 0 Å².